The van der Waals surface area contributed by atoms with Gasteiger partial charge in [0.25, 0.3) is 0 Å². The van der Waals surface area contributed by atoms with E-state index in [0.717, 1.165) is 24.0 Å². The lowest BCUT2D eigenvalue weighted by molar-refractivity contribution is 0.404. The molecule has 1 saturated carbocycles. The fourth-order valence-corrected chi connectivity index (χ4v) is 2.59. The van der Waals surface area contributed by atoms with Crippen molar-refractivity contribution in [3.05, 3.63) is 28.7 Å². The third-order valence-corrected chi connectivity index (χ3v) is 3.59. The topological polar surface area (TPSA) is 84.0 Å². The number of fused-ring (bicyclic) bond motifs is 1. The number of hydrogen-bond acceptors (Lipinski definition) is 4. The SMILES string of the molecule is NC1CCCCC1Nc1ccc2oc(=O)[nH]c2c1. The number of rotatable bonds is 2. The van der Waals surface area contributed by atoms with Gasteiger partial charge in [-0.25, -0.2) is 4.79 Å². The van der Waals surface area contributed by atoms with Gasteiger partial charge in [-0.3, -0.25) is 4.98 Å². The van der Waals surface area contributed by atoms with Crippen LogP contribution in [0, 0.1) is 0 Å². The van der Waals surface area contributed by atoms with Crippen molar-refractivity contribution in [2.24, 2.45) is 5.73 Å². The van der Waals surface area contributed by atoms with Crippen LogP contribution in [0.15, 0.2) is 27.4 Å². The minimum atomic E-state index is -0.420. The molecule has 1 heterocycles. The Morgan fingerprint density at radius 2 is 2.17 bits per heavy atom. The average molecular weight is 247 g/mol. The Hall–Kier alpha value is -1.75. The van der Waals surface area contributed by atoms with E-state index in [4.69, 9.17) is 10.2 Å². The van der Waals surface area contributed by atoms with E-state index in [9.17, 15) is 4.79 Å². The third-order valence-electron chi connectivity index (χ3n) is 3.59. The summed E-state index contributed by atoms with van der Waals surface area (Å²) in [5, 5.41) is 3.44. The highest BCUT2D eigenvalue weighted by Crippen LogP contribution is 2.23. The van der Waals surface area contributed by atoms with Crippen LogP contribution in [0.3, 0.4) is 0 Å². The molecule has 2 atom stereocenters. The van der Waals surface area contributed by atoms with Crippen molar-refractivity contribution in [3.8, 4) is 0 Å². The zero-order valence-corrected chi connectivity index (χ0v) is 10.1. The first kappa shape index (κ1) is 11.3. The molecular weight excluding hydrogens is 230 g/mol. The van der Waals surface area contributed by atoms with Crippen LogP contribution in [0.25, 0.3) is 11.1 Å². The summed E-state index contributed by atoms with van der Waals surface area (Å²) >= 11 is 0. The summed E-state index contributed by atoms with van der Waals surface area (Å²) in [5.74, 6) is -0.420. The Morgan fingerprint density at radius 1 is 1.33 bits per heavy atom. The second-order valence-electron chi connectivity index (χ2n) is 4.92. The third kappa shape index (κ3) is 2.13. The second-order valence-corrected chi connectivity index (χ2v) is 4.92. The monoisotopic (exact) mass is 247 g/mol. The molecule has 96 valence electrons. The molecule has 0 saturated heterocycles. The van der Waals surface area contributed by atoms with E-state index >= 15 is 0 Å². The van der Waals surface area contributed by atoms with Gasteiger partial charge < -0.3 is 15.5 Å². The quantitative estimate of drug-likeness (QED) is 0.755. The van der Waals surface area contributed by atoms with Crippen molar-refractivity contribution in [2.75, 3.05) is 5.32 Å². The second kappa shape index (κ2) is 4.49. The molecule has 0 radical (unpaired) electrons. The van der Waals surface area contributed by atoms with Gasteiger partial charge in [-0.1, -0.05) is 12.8 Å². The van der Waals surface area contributed by atoms with Gasteiger partial charge in [0.15, 0.2) is 5.58 Å². The zero-order chi connectivity index (χ0) is 12.5. The number of benzene rings is 1. The van der Waals surface area contributed by atoms with E-state index < -0.39 is 5.76 Å². The summed E-state index contributed by atoms with van der Waals surface area (Å²) in [6, 6.07) is 6.12. The van der Waals surface area contributed by atoms with Gasteiger partial charge in [-0.2, -0.15) is 0 Å². The van der Waals surface area contributed by atoms with Crippen molar-refractivity contribution in [1.29, 1.82) is 0 Å². The van der Waals surface area contributed by atoms with Crippen LogP contribution < -0.4 is 16.8 Å². The maximum absolute atomic E-state index is 11.1. The van der Waals surface area contributed by atoms with Gasteiger partial charge in [0.2, 0.25) is 0 Å². The van der Waals surface area contributed by atoms with Gasteiger partial charge in [-0.05, 0) is 31.0 Å². The summed E-state index contributed by atoms with van der Waals surface area (Å²) in [6.07, 6.45) is 4.60. The summed E-state index contributed by atoms with van der Waals surface area (Å²) in [6.45, 7) is 0. The maximum Gasteiger partial charge on any atom is 0.417 e. The van der Waals surface area contributed by atoms with Crippen LogP contribution in [0.2, 0.25) is 0 Å². The first-order valence-electron chi connectivity index (χ1n) is 6.37. The van der Waals surface area contributed by atoms with Crippen LogP contribution in [-0.2, 0) is 0 Å². The Bertz CT molecular complexity index is 602. The molecule has 0 amide bonds. The molecule has 4 N–H and O–H groups in total. The number of aromatic nitrogens is 1. The molecule has 3 rings (SSSR count). The van der Waals surface area contributed by atoms with Gasteiger partial charge in [0, 0.05) is 17.8 Å². The normalized spacial score (nSPS) is 24.3. The van der Waals surface area contributed by atoms with E-state index in [1.165, 1.54) is 12.8 Å². The standard InChI is InChI=1S/C13H17N3O2/c14-9-3-1-2-4-10(9)15-8-5-6-12-11(7-8)16-13(17)18-12/h5-7,9-10,15H,1-4,14H2,(H,16,17). The van der Waals surface area contributed by atoms with Crippen molar-refractivity contribution >= 4 is 16.8 Å². The van der Waals surface area contributed by atoms with Crippen LogP contribution in [0.5, 0.6) is 0 Å². The minimum absolute atomic E-state index is 0.206. The summed E-state index contributed by atoms with van der Waals surface area (Å²) in [7, 11) is 0. The Kier molecular flexibility index (Phi) is 2.83. The Balaban J connectivity index is 1.83. The number of oxazole rings is 1. The van der Waals surface area contributed by atoms with Crippen LogP contribution in [0.4, 0.5) is 5.69 Å². The van der Waals surface area contributed by atoms with E-state index in [1.54, 1.807) is 6.07 Å². The fourth-order valence-electron chi connectivity index (χ4n) is 2.59. The molecular formula is C13H17N3O2. The first-order chi connectivity index (χ1) is 8.72. The van der Waals surface area contributed by atoms with Crippen LogP contribution >= 0.6 is 0 Å². The Morgan fingerprint density at radius 3 is 3.00 bits per heavy atom. The molecule has 1 aliphatic carbocycles. The number of hydrogen-bond donors (Lipinski definition) is 3. The highest BCUT2D eigenvalue weighted by molar-refractivity contribution is 5.76. The largest absolute Gasteiger partial charge is 0.417 e. The molecule has 0 spiro atoms. The molecule has 2 aromatic rings. The number of aromatic amines is 1. The minimum Gasteiger partial charge on any atom is -0.408 e. The molecule has 1 aromatic carbocycles. The van der Waals surface area contributed by atoms with Gasteiger partial charge in [0.1, 0.15) is 0 Å². The molecule has 1 fully saturated rings. The fraction of sp³-hybridized carbons (Fsp3) is 0.462. The summed E-state index contributed by atoms with van der Waals surface area (Å²) in [5.41, 5.74) is 8.38. The van der Waals surface area contributed by atoms with Gasteiger partial charge in [0.05, 0.1) is 5.52 Å². The molecule has 1 aliphatic rings. The number of nitrogens with two attached hydrogens (primary N) is 1. The van der Waals surface area contributed by atoms with E-state index in [1.807, 2.05) is 12.1 Å². The molecule has 0 aliphatic heterocycles. The summed E-state index contributed by atoms with van der Waals surface area (Å²) < 4.78 is 4.97. The van der Waals surface area contributed by atoms with E-state index in [0.29, 0.717) is 11.6 Å². The zero-order valence-electron chi connectivity index (χ0n) is 10.1. The van der Waals surface area contributed by atoms with Gasteiger partial charge in [-0.15, -0.1) is 0 Å². The molecule has 1 aromatic heterocycles. The highest BCUT2D eigenvalue weighted by Gasteiger charge is 2.21. The van der Waals surface area contributed by atoms with E-state index in [2.05, 4.69) is 10.3 Å². The summed E-state index contributed by atoms with van der Waals surface area (Å²) in [4.78, 5) is 13.7. The average Bonchev–Trinajstić information content (AvgIpc) is 2.71. The van der Waals surface area contributed by atoms with Crippen molar-refractivity contribution in [2.45, 2.75) is 37.8 Å². The van der Waals surface area contributed by atoms with Crippen LogP contribution in [-0.4, -0.2) is 17.1 Å². The Labute approximate surface area is 104 Å². The predicted molar refractivity (Wildman–Crippen MR) is 70.7 cm³/mol. The lowest BCUT2D eigenvalue weighted by atomic mass is 9.91. The molecule has 0 bridgehead atoms. The smallest absolute Gasteiger partial charge is 0.408 e. The van der Waals surface area contributed by atoms with Crippen LogP contribution in [0.1, 0.15) is 25.7 Å². The molecule has 18 heavy (non-hydrogen) atoms. The van der Waals surface area contributed by atoms with Crippen molar-refractivity contribution in [1.82, 2.24) is 4.98 Å². The molecule has 5 nitrogen and oxygen atoms in total. The van der Waals surface area contributed by atoms with Crippen molar-refractivity contribution in [3.63, 3.8) is 0 Å². The molecule has 5 heteroatoms. The number of H-pyrrole nitrogens is 1. The van der Waals surface area contributed by atoms with Gasteiger partial charge >= 0.3 is 5.76 Å². The first-order valence-corrected chi connectivity index (χ1v) is 6.37. The maximum atomic E-state index is 11.1. The number of nitrogens with one attached hydrogen (secondary N) is 2. The lowest BCUT2D eigenvalue weighted by Crippen LogP contribution is -2.42. The lowest BCUT2D eigenvalue weighted by Gasteiger charge is -2.30. The number of anilines is 1. The van der Waals surface area contributed by atoms with E-state index in [-0.39, 0.29) is 6.04 Å². The predicted octanol–water partition coefficient (Wildman–Crippen LogP) is 1.80. The highest BCUT2D eigenvalue weighted by atomic mass is 16.4. The molecule has 2 unspecified atom stereocenters. The van der Waals surface area contributed by atoms with Crippen molar-refractivity contribution < 1.29 is 4.42 Å².